The quantitative estimate of drug-likeness (QED) is 0.832. The second kappa shape index (κ2) is 6.13. The van der Waals surface area contributed by atoms with E-state index >= 15 is 0 Å². The van der Waals surface area contributed by atoms with Gasteiger partial charge < -0.3 is 10.6 Å². The smallest absolute Gasteiger partial charge is 0.109 e. The SMILES string of the molecule is CCc1cnc(C(C)NCC2(CC)CCNC2)s1. The Bertz CT molecular complexity index is 369. The largest absolute Gasteiger partial charge is 0.316 e. The van der Waals surface area contributed by atoms with Crippen LogP contribution >= 0.6 is 11.3 Å². The van der Waals surface area contributed by atoms with Crippen molar-refractivity contribution in [3.8, 4) is 0 Å². The molecular formula is C14H25N3S. The molecule has 2 heterocycles. The third-order valence-corrected chi connectivity index (χ3v) is 5.48. The van der Waals surface area contributed by atoms with E-state index in [4.69, 9.17) is 0 Å². The third kappa shape index (κ3) is 3.11. The zero-order chi connectivity index (χ0) is 13.0. The van der Waals surface area contributed by atoms with E-state index in [0.717, 1.165) is 19.5 Å². The van der Waals surface area contributed by atoms with Gasteiger partial charge in [0.05, 0.1) is 6.04 Å². The molecule has 1 aromatic rings. The summed E-state index contributed by atoms with van der Waals surface area (Å²) in [6.07, 6.45) is 5.65. The molecule has 2 N–H and O–H groups in total. The number of hydrogen-bond donors (Lipinski definition) is 2. The van der Waals surface area contributed by atoms with Gasteiger partial charge in [-0.2, -0.15) is 0 Å². The fraction of sp³-hybridized carbons (Fsp3) is 0.786. The van der Waals surface area contributed by atoms with Crippen molar-refractivity contribution in [1.82, 2.24) is 15.6 Å². The van der Waals surface area contributed by atoms with Gasteiger partial charge in [0, 0.05) is 24.2 Å². The Labute approximate surface area is 114 Å². The summed E-state index contributed by atoms with van der Waals surface area (Å²) in [5.41, 5.74) is 0.457. The Balaban J connectivity index is 1.89. The van der Waals surface area contributed by atoms with Crippen LogP contribution in [0.2, 0.25) is 0 Å². The maximum absolute atomic E-state index is 4.52. The van der Waals surface area contributed by atoms with Gasteiger partial charge in [-0.3, -0.25) is 0 Å². The highest BCUT2D eigenvalue weighted by atomic mass is 32.1. The first kappa shape index (κ1) is 14.0. The monoisotopic (exact) mass is 267 g/mol. The van der Waals surface area contributed by atoms with Crippen LogP contribution in [0.5, 0.6) is 0 Å². The van der Waals surface area contributed by atoms with E-state index in [1.165, 1.54) is 29.3 Å². The number of nitrogens with zero attached hydrogens (tertiary/aromatic N) is 1. The molecule has 2 atom stereocenters. The van der Waals surface area contributed by atoms with Crippen LogP contribution in [0, 0.1) is 5.41 Å². The van der Waals surface area contributed by atoms with Gasteiger partial charge in [-0.25, -0.2) is 4.98 Å². The van der Waals surface area contributed by atoms with Crippen molar-refractivity contribution in [2.75, 3.05) is 19.6 Å². The number of thiazole rings is 1. The molecule has 2 unspecified atom stereocenters. The number of aryl methyl sites for hydroxylation is 1. The lowest BCUT2D eigenvalue weighted by Crippen LogP contribution is -2.36. The minimum Gasteiger partial charge on any atom is -0.316 e. The molecule has 1 fully saturated rings. The summed E-state index contributed by atoms with van der Waals surface area (Å²) in [6.45, 7) is 10.1. The molecule has 0 amide bonds. The molecule has 0 aliphatic carbocycles. The standard InChI is InChI=1S/C14H25N3S/c1-4-12-8-16-13(18-12)11(3)17-10-14(5-2)6-7-15-9-14/h8,11,15,17H,4-7,9-10H2,1-3H3. The molecule has 0 spiro atoms. The average molecular weight is 267 g/mol. The van der Waals surface area contributed by atoms with Gasteiger partial charge in [0.25, 0.3) is 0 Å². The molecule has 18 heavy (non-hydrogen) atoms. The Hall–Kier alpha value is -0.450. The first-order valence-corrected chi connectivity index (χ1v) is 7.89. The van der Waals surface area contributed by atoms with E-state index in [2.05, 4.69) is 36.4 Å². The molecule has 0 bridgehead atoms. The maximum Gasteiger partial charge on any atom is 0.109 e. The molecule has 0 radical (unpaired) electrons. The average Bonchev–Trinajstić information content (AvgIpc) is 3.05. The van der Waals surface area contributed by atoms with Crippen molar-refractivity contribution in [2.45, 2.75) is 46.1 Å². The minimum absolute atomic E-state index is 0.374. The molecule has 1 aliphatic heterocycles. The summed E-state index contributed by atoms with van der Waals surface area (Å²) < 4.78 is 0. The van der Waals surface area contributed by atoms with E-state index in [0.29, 0.717) is 11.5 Å². The van der Waals surface area contributed by atoms with Crippen LogP contribution in [0.3, 0.4) is 0 Å². The summed E-state index contributed by atoms with van der Waals surface area (Å²) in [5, 5.41) is 8.39. The van der Waals surface area contributed by atoms with Crippen molar-refractivity contribution in [3.63, 3.8) is 0 Å². The molecule has 0 aromatic carbocycles. The molecule has 2 rings (SSSR count). The highest BCUT2D eigenvalue weighted by molar-refractivity contribution is 7.11. The highest BCUT2D eigenvalue weighted by Gasteiger charge is 2.32. The summed E-state index contributed by atoms with van der Waals surface area (Å²) in [7, 11) is 0. The Morgan fingerprint density at radius 3 is 2.94 bits per heavy atom. The van der Waals surface area contributed by atoms with Crippen LogP contribution in [-0.2, 0) is 6.42 Å². The van der Waals surface area contributed by atoms with Crippen LogP contribution in [0.15, 0.2) is 6.20 Å². The van der Waals surface area contributed by atoms with E-state index in [1.807, 2.05) is 17.5 Å². The number of aromatic nitrogens is 1. The Morgan fingerprint density at radius 2 is 2.39 bits per heavy atom. The fourth-order valence-electron chi connectivity index (χ4n) is 2.52. The van der Waals surface area contributed by atoms with Gasteiger partial charge in [0.1, 0.15) is 5.01 Å². The second-order valence-electron chi connectivity index (χ2n) is 5.40. The van der Waals surface area contributed by atoms with Gasteiger partial charge >= 0.3 is 0 Å². The Morgan fingerprint density at radius 1 is 1.56 bits per heavy atom. The molecule has 1 aliphatic rings. The van der Waals surface area contributed by atoms with Gasteiger partial charge in [0.15, 0.2) is 0 Å². The van der Waals surface area contributed by atoms with E-state index in [1.54, 1.807) is 0 Å². The molecule has 102 valence electrons. The lowest BCUT2D eigenvalue weighted by molar-refractivity contribution is 0.280. The van der Waals surface area contributed by atoms with E-state index in [9.17, 15) is 0 Å². The van der Waals surface area contributed by atoms with Crippen LogP contribution in [-0.4, -0.2) is 24.6 Å². The van der Waals surface area contributed by atoms with E-state index in [-0.39, 0.29) is 0 Å². The number of rotatable bonds is 6. The zero-order valence-corrected chi connectivity index (χ0v) is 12.6. The maximum atomic E-state index is 4.52. The molecule has 1 saturated heterocycles. The summed E-state index contributed by atoms with van der Waals surface area (Å²) in [5.74, 6) is 0. The van der Waals surface area contributed by atoms with Crippen molar-refractivity contribution in [1.29, 1.82) is 0 Å². The van der Waals surface area contributed by atoms with Crippen molar-refractivity contribution in [2.24, 2.45) is 5.41 Å². The Kier molecular flexibility index (Phi) is 4.76. The van der Waals surface area contributed by atoms with Crippen LogP contribution in [0.1, 0.15) is 49.5 Å². The summed E-state index contributed by atoms with van der Waals surface area (Å²) >= 11 is 1.84. The first-order chi connectivity index (χ1) is 8.69. The number of hydrogen-bond acceptors (Lipinski definition) is 4. The van der Waals surface area contributed by atoms with Crippen molar-refractivity contribution in [3.05, 3.63) is 16.1 Å². The van der Waals surface area contributed by atoms with E-state index < -0.39 is 0 Å². The van der Waals surface area contributed by atoms with Gasteiger partial charge in [-0.05, 0) is 38.1 Å². The molecule has 1 aromatic heterocycles. The topological polar surface area (TPSA) is 37.0 Å². The molecule has 4 heteroatoms. The first-order valence-electron chi connectivity index (χ1n) is 7.08. The molecule has 3 nitrogen and oxygen atoms in total. The minimum atomic E-state index is 0.374. The number of nitrogens with one attached hydrogen (secondary N) is 2. The van der Waals surface area contributed by atoms with Gasteiger partial charge in [-0.15, -0.1) is 11.3 Å². The predicted molar refractivity (Wildman–Crippen MR) is 78.1 cm³/mol. The normalized spacial score (nSPS) is 25.5. The van der Waals surface area contributed by atoms with Gasteiger partial charge in [0.2, 0.25) is 0 Å². The second-order valence-corrected chi connectivity index (χ2v) is 6.55. The van der Waals surface area contributed by atoms with Crippen molar-refractivity contribution >= 4 is 11.3 Å². The highest BCUT2D eigenvalue weighted by Crippen LogP contribution is 2.29. The zero-order valence-electron chi connectivity index (χ0n) is 11.8. The lowest BCUT2D eigenvalue weighted by atomic mass is 9.84. The summed E-state index contributed by atoms with van der Waals surface area (Å²) in [6, 6.07) is 0.374. The lowest BCUT2D eigenvalue weighted by Gasteiger charge is -2.28. The molecule has 0 saturated carbocycles. The predicted octanol–water partition coefficient (Wildman–Crippen LogP) is 2.75. The van der Waals surface area contributed by atoms with Gasteiger partial charge in [-0.1, -0.05) is 13.8 Å². The molecular weight excluding hydrogens is 242 g/mol. The summed E-state index contributed by atoms with van der Waals surface area (Å²) in [4.78, 5) is 5.90. The van der Waals surface area contributed by atoms with Crippen molar-refractivity contribution < 1.29 is 0 Å². The van der Waals surface area contributed by atoms with Crippen LogP contribution in [0.4, 0.5) is 0 Å². The van der Waals surface area contributed by atoms with Crippen LogP contribution < -0.4 is 10.6 Å². The third-order valence-electron chi connectivity index (χ3n) is 4.16. The fourth-order valence-corrected chi connectivity index (χ4v) is 3.40. The van der Waals surface area contributed by atoms with Crippen LogP contribution in [0.25, 0.3) is 0 Å².